The van der Waals surface area contributed by atoms with E-state index >= 15 is 0 Å². The SMILES string of the molecule is O=C(NCCc1ccncc1)C1CCCO1. The van der Waals surface area contributed by atoms with Gasteiger partial charge in [-0.25, -0.2) is 0 Å². The summed E-state index contributed by atoms with van der Waals surface area (Å²) in [6.45, 7) is 1.37. The van der Waals surface area contributed by atoms with Crippen LogP contribution in [0.5, 0.6) is 0 Å². The largest absolute Gasteiger partial charge is 0.368 e. The molecule has 1 unspecified atom stereocenters. The highest BCUT2D eigenvalue weighted by Crippen LogP contribution is 2.11. The van der Waals surface area contributed by atoms with Crippen LogP contribution in [0.25, 0.3) is 0 Å². The van der Waals surface area contributed by atoms with E-state index < -0.39 is 0 Å². The molecule has 0 aromatic carbocycles. The zero-order chi connectivity index (χ0) is 11.2. The summed E-state index contributed by atoms with van der Waals surface area (Å²) in [7, 11) is 0. The number of hydrogen-bond acceptors (Lipinski definition) is 3. The Morgan fingerprint density at radius 1 is 1.50 bits per heavy atom. The number of nitrogens with one attached hydrogen (secondary N) is 1. The van der Waals surface area contributed by atoms with Crippen molar-refractivity contribution in [2.24, 2.45) is 0 Å². The van der Waals surface area contributed by atoms with E-state index in [-0.39, 0.29) is 12.0 Å². The fourth-order valence-corrected chi connectivity index (χ4v) is 1.78. The van der Waals surface area contributed by atoms with Crippen LogP contribution in [0.1, 0.15) is 18.4 Å². The molecule has 0 aliphatic carbocycles. The highest BCUT2D eigenvalue weighted by molar-refractivity contribution is 5.80. The number of rotatable bonds is 4. The normalized spacial score (nSPS) is 19.6. The highest BCUT2D eigenvalue weighted by Gasteiger charge is 2.22. The minimum Gasteiger partial charge on any atom is -0.368 e. The van der Waals surface area contributed by atoms with Crippen LogP contribution in [-0.2, 0) is 16.0 Å². The summed E-state index contributed by atoms with van der Waals surface area (Å²) in [6.07, 6.45) is 5.97. The van der Waals surface area contributed by atoms with Crippen molar-refractivity contribution in [3.8, 4) is 0 Å². The molecule has 1 aliphatic rings. The number of nitrogens with zero attached hydrogens (tertiary/aromatic N) is 1. The number of aromatic nitrogens is 1. The molecule has 0 spiro atoms. The number of hydrogen-bond donors (Lipinski definition) is 1. The molecular formula is C12H16N2O2. The zero-order valence-electron chi connectivity index (χ0n) is 9.19. The number of carbonyl (C=O) groups excluding carboxylic acids is 1. The average molecular weight is 220 g/mol. The first-order chi connectivity index (χ1) is 7.86. The van der Waals surface area contributed by atoms with E-state index in [2.05, 4.69) is 10.3 Å². The van der Waals surface area contributed by atoms with E-state index in [1.165, 1.54) is 5.56 Å². The first kappa shape index (κ1) is 11.1. The van der Waals surface area contributed by atoms with Crippen LogP contribution < -0.4 is 5.32 Å². The number of ether oxygens (including phenoxy) is 1. The molecular weight excluding hydrogens is 204 g/mol. The predicted octanol–water partition coefficient (Wildman–Crippen LogP) is 0.919. The Balaban J connectivity index is 1.70. The van der Waals surface area contributed by atoms with Gasteiger partial charge in [0.15, 0.2) is 0 Å². The Kier molecular flexibility index (Phi) is 3.88. The van der Waals surface area contributed by atoms with Crippen LogP contribution >= 0.6 is 0 Å². The lowest BCUT2D eigenvalue weighted by Crippen LogP contribution is -2.35. The van der Waals surface area contributed by atoms with Gasteiger partial charge in [0.1, 0.15) is 6.10 Å². The fraction of sp³-hybridized carbons (Fsp3) is 0.500. The van der Waals surface area contributed by atoms with Crippen molar-refractivity contribution in [2.45, 2.75) is 25.4 Å². The van der Waals surface area contributed by atoms with Crippen molar-refractivity contribution in [2.75, 3.05) is 13.2 Å². The smallest absolute Gasteiger partial charge is 0.249 e. The van der Waals surface area contributed by atoms with Crippen molar-refractivity contribution in [1.29, 1.82) is 0 Å². The van der Waals surface area contributed by atoms with Gasteiger partial charge in [0.05, 0.1) is 0 Å². The molecule has 1 saturated heterocycles. The monoisotopic (exact) mass is 220 g/mol. The van der Waals surface area contributed by atoms with Gasteiger partial charge in [0, 0.05) is 25.5 Å². The maximum Gasteiger partial charge on any atom is 0.249 e. The second kappa shape index (κ2) is 5.61. The maximum atomic E-state index is 11.6. The Bertz CT molecular complexity index is 334. The highest BCUT2D eigenvalue weighted by atomic mass is 16.5. The summed E-state index contributed by atoms with van der Waals surface area (Å²) in [5.74, 6) is 0.0200. The van der Waals surface area contributed by atoms with Crippen LogP contribution in [0.3, 0.4) is 0 Å². The molecule has 1 N–H and O–H groups in total. The van der Waals surface area contributed by atoms with Gasteiger partial charge in [-0.3, -0.25) is 9.78 Å². The van der Waals surface area contributed by atoms with Gasteiger partial charge in [0.2, 0.25) is 5.91 Å². The fourth-order valence-electron chi connectivity index (χ4n) is 1.78. The molecule has 1 amide bonds. The molecule has 16 heavy (non-hydrogen) atoms. The summed E-state index contributed by atoms with van der Waals surface area (Å²) >= 11 is 0. The lowest BCUT2D eigenvalue weighted by Gasteiger charge is -2.10. The number of pyridine rings is 1. The minimum absolute atomic E-state index is 0.0200. The summed E-state index contributed by atoms with van der Waals surface area (Å²) in [5.41, 5.74) is 1.18. The molecule has 1 atom stereocenters. The Hall–Kier alpha value is -1.42. The van der Waals surface area contributed by atoms with E-state index in [0.29, 0.717) is 13.2 Å². The average Bonchev–Trinajstić information content (AvgIpc) is 2.84. The standard InChI is InChI=1S/C12H16N2O2/c15-12(11-2-1-9-16-11)14-8-5-10-3-6-13-7-4-10/h3-4,6-7,11H,1-2,5,8-9H2,(H,14,15). The van der Waals surface area contributed by atoms with Gasteiger partial charge in [-0.15, -0.1) is 0 Å². The van der Waals surface area contributed by atoms with Crippen LogP contribution in [0.2, 0.25) is 0 Å². The third kappa shape index (κ3) is 3.03. The van der Waals surface area contributed by atoms with E-state index in [4.69, 9.17) is 4.74 Å². The molecule has 0 saturated carbocycles. The lowest BCUT2D eigenvalue weighted by atomic mass is 10.2. The zero-order valence-corrected chi connectivity index (χ0v) is 9.19. The summed E-state index contributed by atoms with van der Waals surface area (Å²) < 4.78 is 5.30. The van der Waals surface area contributed by atoms with E-state index in [0.717, 1.165) is 19.3 Å². The van der Waals surface area contributed by atoms with E-state index in [9.17, 15) is 4.79 Å². The van der Waals surface area contributed by atoms with Gasteiger partial charge in [-0.2, -0.15) is 0 Å². The third-order valence-corrected chi connectivity index (χ3v) is 2.68. The quantitative estimate of drug-likeness (QED) is 0.821. The Morgan fingerprint density at radius 3 is 3.00 bits per heavy atom. The van der Waals surface area contributed by atoms with E-state index in [1.54, 1.807) is 12.4 Å². The molecule has 0 radical (unpaired) electrons. The second-order valence-electron chi connectivity index (χ2n) is 3.90. The minimum atomic E-state index is -0.225. The molecule has 2 heterocycles. The molecule has 1 fully saturated rings. The van der Waals surface area contributed by atoms with Gasteiger partial charge >= 0.3 is 0 Å². The maximum absolute atomic E-state index is 11.6. The van der Waals surface area contributed by atoms with Crippen molar-refractivity contribution in [3.63, 3.8) is 0 Å². The molecule has 0 bridgehead atoms. The molecule has 1 aromatic heterocycles. The van der Waals surface area contributed by atoms with Crippen LogP contribution in [0.4, 0.5) is 0 Å². The van der Waals surface area contributed by atoms with Crippen molar-refractivity contribution in [1.82, 2.24) is 10.3 Å². The van der Waals surface area contributed by atoms with Crippen molar-refractivity contribution < 1.29 is 9.53 Å². The van der Waals surface area contributed by atoms with Gasteiger partial charge in [0.25, 0.3) is 0 Å². The molecule has 4 nitrogen and oxygen atoms in total. The number of carbonyl (C=O) groups is 1. The predicted molar refractivity (Wildman–Crippen MR) is 59.9 cm³/mol. The van der Waals surface area contributed by atoms with E-state index in [1.807, 2.05) is 12.1 Å². The Morgan fingerprint density at radius 2 is 2.31 bits per heavy atom. The molecule has 1 aromatic rings. The topological polar surface area (TPSA) is 51.2 Å². The van der Waals surface area contributed by atoms with Crippen molar-refractivity contribution in [3.05, 3.63) is 30.1 Å². The molecule has 4 heteroatoms. The molecule has 86 valence electrons. The van der Waals surface area contributed by atoms with Crippen LogP contribution in [-0.4, -0.2) is 30.1 Å². The lowest BCUT2D eigenvalue weighted by molar-refractivity contribution is -0.129. The van der Waals surface area contributed by atoms with Crippen LogP contribution in [0.15, 0.2) is 24.5 Å². The molecule has 2 rings (SSSR count). The second-order valence-corrected chi connectivity index (χ2v) is 3.90. The van der Waals surface area contributed by atoms with Crippen molar-refractivity contribution >= 4 is 5.91 Å². The van der Waals surface area contributed by atoms with Gasteiger partial charge < -0.3 is 10.1 Å². The summed E-state index contributed by atoms with van der Waals surface area (Å²) in [4.78, 5) is 15.5. The first-order valence-electron chi connectivity index (χ1n) is 5.64. The Labute approximate surface area is 95.0 Å². The van der Waals surface area contributed by atoms with Gasteiger partial charge in [-0.1, -0.05) is 0 Å². The van der Waals surface area contributed by atoms with Gasteiger partial charge in [-0.05, 0) is 37.0 Å². The van der Waals surface area contributed by atoms with Crippen LogP contribution in [0, 0.1) is 0 Å². The number of amides is 1. The first-order valence-corrected chi connectivity index (χ1v) is 5.64. The molecule has 1 aliphatic heterocycles. The third-order valence-electron chi connectivity index (χ3n) is 2.68. The summed E-state index contributed by atoms with van der Waals surface area (Å²) in [5, 5.41) is 2.89. The summed E-state index contributed by atoms with van der Waals surface area (Å²) in [6, 6.07) is 3.91.